The Hall–Kier alpha value is -1.61. The molecule has 0 radical (unpaired) electrons. The van der Waals surface area contributed by atoms with E-state index in [4.69, 9.17) is 5.73 Å². The summed E-state index contributed by atoms with van der Waals surface area (Å²) in [5.74, 6) is 0. The predicted octanol–water partition coefficient (Wildman–Crippen LogP) is 2.42. The van der Waals surface area contributed by atoms with Crippen LogP contribution < -0.4 is 5.73 Å². The highest BCUT2D eigenvalue weighted by Gasteiger charge is 2.04. The van der Waals surface area contributed by atoms with Gasteiger partial charge in [0.15, 0.2) is 0 Å². The van der Waals surface area contributed by atoms with Crippen molar-refractivity contribution in [1.82, 2.24) is 9.78 Å². The maximum Gasteiger partial charge on any atom is 0.0682 e. The number of nitrogens with two attached hydrogens (primary N) is 1. The molecule has 0 fully saturated rings. The molecule has 3 nitrogen and oxygen atoms in total. The van der Waals surface area contributed by atoms with E-state index in [1.54, 1.807) is 0 Å². The fraction of sp³-hybridized carbons (Fsp3) is 0.308. The second kappa shape index (κ2) is 4.94. The van der Waals surface area contributed by atoms with Gasteiger partial charge in [0, 0.05) is 24.8 Å². The van der Waals surface area contributed by atoms with Crippen molar-refractivity contribution < 1.29 is 0 Å². The largest absolute Gasteiger partial charge is 0.326 e. The fourth-order valence-electron chi connectivity index (χ4n) is 1.83. The molecule has 0 amide bonds. The highest BCUT2D eigenvalue weighted by molar-refractivity contribution is 5.60. The molecular formula is C13H17N3. The van der Waals surface area contributed by atoms with Gasteiger partial charge in [0.25, 0.3) is 0 Å². The minimum absolute atomic E-state index is 0.579. The Labute approximate surface area is 95.9 Å². The molecular weight excluding hydrogens is 198 g/mol. The highest BCUT2D eigenvalue weighted by atomic mass is 15.3. The molecule has 16 heavy (non-hydrogen) atoms. The van der Waals surface area contributed by atoms with Gasteiger partial charge in [-0.25, -0.2) is 0 Å². The summed E-state index contributed by atoms with van der Waals surface area (Å²) >= 11 is 0. The molecule has 84 valence electrons. The van der Waals surface area contributed by atoms with E-state index >= 15 is 0 Å². The Morgan fingerprint density at radius 3 is 2.94 bits per heavy atom. The van der Waals surface area contributed by atoms with Crippen molar-refractivity contribution in [2.24, 2.45) is 5.73 Å². The standard InChI is InChI=1S/C13H17N3/c1-2-8-16-13(6-7-15-16)12-5-3-4-11(9-12)10-14/h3-7,9H,2,8,10,14H2,1H3. The van der Waals surface area contributed by atoms with E-state index in [1.165, 1.54) is 5.56 Å². The van der Waals surface area contributed by atoms with Crippen LogP contribution in [0.2, 0.25) is 0 Å². The SMILES string of the molecule is CCCn1nccc1-c1cccc(CN)c1. The zero-order valence-corrected chi connectivity index (χ0v) is 9.56. The van der Waals surface area contributed by atoms with Crippen molar-refractivity contribution in [3.63, 3.8) is 0 Å². The molecule has 0 saturated heterocycles. The topological polar surface area (TPSA) is 43.8 Å². The molecule has 0 bridgehead atoms. The number of hydrogen-bond acceptors (Lipinski definition) is 2. The maximum atomic E-state index is 5.65. The first-order chi connectivity index (χ1) is 7.85. The number of aryl methyl sites for hydroxylation is 1. The van der Waals surface area contributed by atoms with Gasteiger partial charge in [-0.15, -0.1) is 0 Å². The zero-order chi connectivity index (χ0) is 11.4. The van der Waals surface area contributed by atoms with Crippen LogP contribution in [0, 0.1) is 0 Å². The van der Waals surface area contributed by atoms with E-state index in [0.29, 0.717) is 6.54 Å². The van der Waals surface area contributed by atoms with E-state index in [9.17, 15) is 0 Å². The second-order valence-corrected chi connectivity index (χ2v) is 3.84. The summed E-state index contributed by atoms with van der Waals surface area (Å²) in [6.45, 7) is 3.69. The van der Waals surface area contributed by atoms with Crippen LogP contribution in [0.4, 0.5) is 0 Å². The Morgan fingerprint density at radius 1 is 1.31 bits per heavy atom. The molecule has 3 heteroatoms. The second-order valence-electron chi connectivity index (χ2n) is 3.84. The van der Waals surface area contributed by atoms with Gasteiger partial charge in [0.2, 0.25) is 0 Å². The average Bonchev–Trinajstić information content (AvgIpc) is 2.78. The smallest absolute Gasteiger partial charge is 0.0682 e. The minimum Gasteiger partial charge on any atom is -0.326 e. The van der Waals surface area contributed by atoms with Crippen molar-refractivity contribution in [1.29, 1.82) is 0 Å². The number of hydrogen-bond donors (Lipinski definition) is 1. The lowest BCUT2D eigenvalue weighted by Gasteiger charge is -2.07. The lowest BCUT2D eigenvalue weighted by molar-refractivity contribution is 0.609. The van der Waals surface area contributed by atoms with Gasteiger partial charge in [0.05, 0.1) is 5.69 Å². The summed E-state index contributed by atoms with van der Waals surface area (Å²) in [5, 5.41) is 4.32. The number of nitrogens with zero attached hydrogens (tertiary/aromatic N) is 2. The Morgan fingerprint density at radius 2 is 2.19 bits per heavy atom. The van der Waals surface area contributed by atoms with Crippen molar-refractivity contribution in [3.05, 3.63) is 42.1 Å². The Balaban J connectivity index is 2.37. The first-order valence-corrected chi connectivity index (χ1v) is 5.66. The summed E-state index contributed by atoms with van der Waals surface area (Å²) in [7, 11) is 0. The van der Waals surface area contributed by atoms with E-state index in [2.05, 4.69) is 24.2 Å². The monoisotopic (exact) mass is 215 g/mol. The summed E-state index contributed by atoms with van der Waals surface area (Å²) in [5.41, 5.74) is 9.15. The lowest BCUT2D eigenvalue weighted by atomic mass is 10.1. The van der Waals surface area contributed by atoms with Crippen molar-refractivity contribution in [3.8, 4) is 11.3 Å². The highest BCUT2D eigenvalue weighted by Crippen LogP contribution is 2.20. The fourth-order valence-corrected chi connectivity index (χ4v) is 1.83. The Kier molecular flexibility index (Phi) is 3.37. The lowest BCUT2D eigenvalue weighted by Crippen LogP contribution is -2.02. The zero-order valence-electron chi connectivity index (χ0n) is 9.56. The van der Waals surface area contributed by atoms with Crippen LogP contribution in [-0.4, -0.2) is 9.78 Å². The molecule has 0 saturated carbocycles. The van der Waals surface area contributed by atoms with Crippen molar-refractivity contribution in [2.75, 3.05) is 0 Å². The van der Waals surface area contributed by atoms with Crippen LogP contribution in [0.3, 0.4) is 0 Å². The summed E-state index contributed by atoms with van der Waals surface area (Å²) in [4.78, 5) is 0. The molecule has 0 unspecified atom stereocenters. The summed E-state index contributed by atoms with van der Waals surface area (Å²) < 4.78 is 2.04. The van der Waals surface area contributed by atoms with E-state index in [-0.39, 0.29) is 0 Å². The van der Waals surface area contributed by atoms with Crippen LogP contribution >= 0.6 is 0 Å². The first-order valence-electron chi connectivity index (χ1n) is 5.66. The van der Waals surface area contributed by atoms with Crippen LogP contribution in [0.5, 0.6) is 0 Å². The van der Waals surface area contributed by atoms with E-state index in [0.717, 1.165) is 24.2 Å². The van der Waals surface area contributed by atoms with Gasteiger partial charge >= 0.3 is 0 Å². The normalized spacial score (nSPS) is 10.6. The molecule has 0 aliphatic carbocycles. The number of rotatable bonds is 4. The summed E-state index contributed by atoms with van der Waals surface area (Å²) in [6.07, 6.45) is 2.94. The Bertz CT molecular complexity index is 460. The van der Waals surface area contributed by atoms with Crippen LogP contribution in [0.25, 0.3) is 11.3 Å². The molecule has 2 aromatic rings. The molecule has 0 atom stereocenters. The molecule has 1 heterocycles. The molecule has 2 N–H and O–H groups in total. The molecule has 1 aromatic heterocycles. The van der Waals surface area contributed by atoms with Gasteiger partial charge in [0.1, 0.15) is 0 Å². The minimum atomic E-state index is 0.579. The third-order valence-corrected chi connectivity index (χ3v) is 2.61. The van der Waals surface area contributed by atoms with Crippen LogP contribution in [-0.2, 0) is 13.1 Å². The number of benzene rings is 1. The third-order valence-electron chi connectivity index (χ3n) is 2.61. The average molecular weight is 215 g/mol. The molecule has 0 aliphatic rings. The molecule has 1 aromatic carbocycles. The quantitative estimate of drug-likeness (QED) is 0.851. The van der Waals surface area contributed by atoms with Crippen LogP contribution in [0.15, 0.2) is 36.5 Å². The van der Waals surface area contributed by atoms with E-state index < -0.39 is 0 Å². The third kappa shape index (κ3) is 2.14. The number of aromatic nitrogens is 2. The van der Waals surface area contributed by atoms with Crippen molar-refractivity contribution in [2.45, 2.75) is 26.4 Å². The molecule has 2 rings (SSSR count). The predicted molar refractivity (Wildman–Crippen MR) is 65.8 cm³/mol. The maximum absolute atomic E-state index is 5.65. The molecule has 0 spiro atoms. The van der Waals surface area contributed by atoms with E-state index in [1.807, 2.05) is 29.1 Å². The van der Waals surface area contributed by atoms with Gasteiger partial charge in [-0.2, -0.15) is 5.10 Å². The molecule has 0 aliphatic heterocycles. The van der Waals surface area contributed by atoms with Crippen LogP contribution in [0.1, 0.15) is 18.9 Å². The van der Waals surface area contributed by atoms with Gasteiger partial charge in [-0.3, -0.25) is 4.68 Å². The van der Waals surface area contributed by atoms with Crippen molar-refractivity contribution >= 4 is 0 Å². The van der Waals surface area contributed by atoms with Gasteiger partial charge in [-0.05, 0) is 24.1 Å². The van der Waals surface area contributed by atoms with Gasteiger partial charge in [-0.1, -0.05) is 25.1 Å². The summed E-state index contributed by atoms with van der Waals surface area (Å²) in [6, 6.07) is 10.4. The first kappa shape index (κ1) is 10.9. The van der Waals surface area contributed by atoms with Gasteiger partial charge < -0.3 is 5.73 Å².